The van der Waals surface area contributed by atoms with Crippen molar-refractivity contribution in [1.82, 2.24) is 0 Å². The van der Waals surface area contributed by atoms with Crippen LogP contribution < -0.4 is 0 Å². The first-order valence-electron chi connectivity index (χ1n) is 6.16. The Hall–Kier alpha value is -1.90. The molecular formula is C15H17NO2. The molecule has 1 aromatic rings. The van der Waals surface area contributed by atoms with E-state index in [1.54, 1.807) is 0 Å². The zero-order chi connectivity index (χ0) is 13.1. The van der Waals surface area contributed by atoms with Crippen LogP contribution in [0.25, 0.3) is 0 Å². The smallest absolute Gasteiger partial charge is 0.170 e. The standard InChI is InChI=1S/C15H17NO2/c1-10-8-11(2)15(18)13(14(10)17)9-16-12-6-4-3-5-7-12/h3-7,9-11,17H,8H2,1-2H3. The average molecular weight is 243 g/mol. The van der Waals surface area contributed by atoms with Crippen molar-refractivity contribution < 1.29 is 9.90 Å². The van der Waals surface area contributed by atoms with E-state index in [2.05, 4.69) is 4.99 Å². The predicted octanol–water partition coefficient (Wildman–Crippen LogP) is 3.45. The van der Waals surface area contributed by atoms with Gasteiger partial charge in [-0.2, -0.15) is 0 Å². The minimum absolute atomic E-state index is 0.0229. The average Bonchev–Trinajstić information content (AvgIpc) is 2.38. The number of aliphatic hydroxyl groups is 1. The molecule has 0 aliphatic heterocycles. The van der Waals surface area contributed by atoms with E-state index in [1.165, 1.54) is 6.21 Å². The number of rotatable bonds is 2. The number of para-hydroxylation sites is 1. The van der Waals surface area contributed by atoms with Gasteiger partial charge in [0.2, 0.25) is 0 Å². The van der Waals surface area contributed by atoms with Crippen LogP contribution in [0.2, 0.25) is 0 Å². The van der Waals surface area contributed by atoms with Gasteiger partial charge in [0, 0.05) is 18.1 Å². The largest absolute Gasteiger partial charge is 0.511 e. The van der Waals surface area contributed by atoms with Gasteiger partial charge in [0.1, 0.15) is 5.76 Å². The highest BCUT2D eigenvalue weighted by molar-refractivity contribution is 6.15. The highest BCUT2D eigenvalue weighted by atomic mass is 16.3. The summed E-state index contributed by atoms with van der Waals surface area (Å²) in [6.07, 6.45) is 2.19. The number of ketones is 1. The highest BCUT2D eigenvalue weighted by Gasteiger charge is 2.30. The van der Waals surface area contributed by atoms with Gasteiger partial charge in [-0.25, -0.2) is 0 Å². The molecular weight excluding hydrogens is 226 g/mol. The van der Waals surface area contributed by atoms with Gasteiger partial charge >= 0.3 is 0 Å². The van der Waals surface area contributed by atoms with E-state index in [0.717, 1.165) is 5.69 Å². The van der Waals surface area contributed by atoms with Gasteiger partial charge in [0.25, 0.3) is 0 Å². The molecule has 0 heterocycles. The van der Waals surface area contributed by atoms with Crippen LogP contribution >= 0.6 is 0 Å². The zero-order valence-corrected chi connectivity index (χ0v) is 10.6. The summed E-state index contributed by atoms with van der Waals surface area (Å²) in [7, 11) is 0. The number of hydrogen-bond acceptors (Lipinski definition) is 3. The van der Waals surface area contributed by atoms with E-state index >= 15 is 0 Å². The number of allylic oxidation sites excluding steroid dienone is 2. The summed E-state index contributed by atoms with van der Waals surface area (Å²) < 4.78 is 0. The maximum atomic E-state index is 12.0. The van der Waals surface area contributed by atoms with Crippen molar-refractivity contribution in [3.05, 3.63) is 41.7 Å². The molecule has 0 radical (unpaired) electrons. The quantitative estimate of drug-likeness (QED) is 0.809. The first kappa shape index (κ1) is 12.6. The van der Waals surface area contributed by atoms with Gasteiger partial charge in [-0.05, 0) is 18.6 Å². The van der Waals surface area contributed by atoms with E-state index in [0.29, 0.717) is 12.0 Å². The van der Waals surface area contributed by atoms with Crippen molar-refractivity contribution in [2.24, 2.45) is 16.8 Å². The minimum Gasteiger partial charge on any atom is -0.511 e. The lowest BCUT2D eigenvalue weighted by Gasteiger charge is -2.23. The van der Waals surface area contributed by atoms with E-state index in [9.17, 15) is 9.90 Å². The maximum Gasteiger partial charge on any atom is 0.170 e. The number of carbonyl (C=O) groups excluding carboxylic acids is 1. The van der Waals surface area contributed by atoms with Crippen LogP contribution in [0.3, 0.4) is 0 Å². The van der Waals surface area contributed by atoms with Crippen LogP contribution in [0.1, 0.15) is 20.3 Å². The van der Waals surface area contributed by atoms with E-state index in [-0.39, 0.29) is 23.4 Å². The van der Waals surface area contributed by atoms with Crippen LogP contribution in [0.5, 0.6) is 0 Å². The third-order valence-corrected chi connectivity index (χ3v) is 3.26. The summed E-state index contributed by atoms with van der Waals surface area (Å²) in [5.74, 6) is 0.117. The first-order valence-corrected chi connectivity index (χ1v) is 6.16. The Labute approximate surface area is 107 Å². The molecule has 1 aromatic carbocycles. The molecule has 1 aliphatic carbocycles. The fourth-order valence-corrected chi connectivity index (χ4v) is 2.19. The van der Waals surface area contributed by atoms with Crippen molar-refractivity contribution >= 4 is 17.7 Å². The number of hydrogen-bond donors (Lipinski definition) is 1. The Morgan fingerprint density at radius 2 is 1.89 bits per heavy atom. The fraction of sp³-hybridized carbons (Fsp3) is 0.333. The number of aliphatic imine (C=N–C) groups is 1. The van der Waals surface area contributed by atoms with Crippen LogP contribution in [0, 0.1) is 11.8 Å². The SMILES string of the molecule is CC1CC(C)C(O)=C(C=Nc2ccccc2)C1=O. The second kappa shape index (κ2) is 5.17. The van der Waals surface area contributed by atoms with Crippen LogP contribution in [-0.4, -0.2) is 17.1 Å². The molecule has 0 bridgehead atoms. The molecule has 1 aliphatic rings. The van der Waals surface area contributed by atoms with Crippen molar-refractivity contribution in [3.63, 3.8) is 0 Å². The molecule has 18 heavy (non-hydrogen) atoms. The molecule has 0 saturated heterocycles. The highest BCUT2D eigenvalue weighted by Crippen LogP contribution is 2.29. The lowest BCUT2D eigenvalue weighted by atomic mass is 9.82. The number of aliphatic hydroxyl groups excluding tert-OH is 1. The molecule has 94 valence electrons. The van der Waals surface area contributed by atoms with Crippen molar-refractivity contribution in [3.8, 4) is 0 Å². The minimum atomic E-state index is -0.0480. The van der Waals surface area contributed by atoms with Crippen LogP contribution in [0.4, 0.5) is 5.69 Å². The van der Waals surface area contributed by atoms with Gasteiger partial charge in [0.05, 0.1) is 11.3 Å². The third-order valence-electron chi connectivity index (χ3n) is 3.26. The number of benzene rings is 1. The predicted molar refractivity (Wildman–Crippen MR) is 72.2 cm³/mol. The number of carbonyl (C=O) groups is 1. The van der Waals surface area contributed by atoms with Crippen LogP contribution in [-0.2, 0) is 4.79 Å². The van der Waals surface area contributed by atoms with Gasteiger partial charge in [-0.1, -0.05) is 32.0 Å². The maximum absolute atomic E-state index is 12.0. The van der Waals surface area contributed by atoms with Gasteiger partial charge in [-0.15, -0.1) is 0 Å². The van der Waals surface area contributed by atoms with Crippen molar-refractivity contribution in [2.45, 2.75) is 20.3 Å². The molecule has 3 nitrogen and oxygen atoms in total. The second-order valence-corrected chi connectivity index (χ2v) is 4.79. The molecule has 0 aromatic heterocycles. The number of nitrogens with zero attached hydrogens (tertiary/aromatic N) is 1. The summed E-state index contributed by atoms with van der Waals surface area (Å²) in [6, 6.07) is 9.39. The number of Topliss-reactive ketones (excluding diaryl/α,β-unsaturated/α-hetero) is 1. The summed E-state index contributed by atoms with van der Waals surface area (Å²) >= 11 is 0. The van der Waals surface area contributed by atoms with Gasteiger partial charge < -0.3 is 5.11 Å². The Kier molecular flexibility index (Phi) is 3.60. The van der Waals surface area contributed by atoms with E-state index in [4.69, 9.17) is 0 Å². The molecule has 2 unspecified atom stereocenters. The summed E-state index contributed by atoms with van der Waals surface area (Å²) in [4.78, 5) is 16.2. The molecule has 0 spiro atoms. The topological polar surface area (TPSA) is 49.7 Å². The molecule has 2 rings (SSSR count). The molecule has 3 heteroatoms. The lowest BCUT2D eigenvalue weighted by Crippen LogP contribution is -2.26. The Balaban J connectivity index is 2.29. The Bertz CT molecular complexity index is 502. The molecule has 1 N–H and O–H groups in total. The molecule has 0 amide bonds. The van der Waals surface area contributed by atoms with Crippen LogP contribution in [0.15, 0.2) is 46.7 Å². The van der Waals surface area contributed by atoms with Gasteiger partial charge in [0.15, 0.2) is 5.78 Å². The first-order chi connectivity index (χ1) is 8.59. The van der Waals surface area contributed by atoms with Crippen molar-refractivity contribution in [1.29, 1.82) is 0 Å². The normalized spacial score (nSPS) is 24.9. The zero-order valence-electron chi connectivity index (χ0n) is 10.6. The van der Waals surface area contributed by atoms with E-state index < -0.39 is 0 Å². The van der Waals surface area contributed by atoms with Gasteiger partial charge in [-0.3, -0.25) is 9.79 Å². The third kappa shape index (κ3) is 2.50. The molecule has 0 saturated carbocycles. The summed E-state index contributed by atoms with van der Waals surface area (Å²) in [5, 5.41) is 9.97. The monoisotopic (exact) mass is 243 g/mol. The molecule has 2 atom stereocenters. The lowest BCUT2D eigenvalue weighted by molar-refractivity contribution is -0.119. The fourth-order valence-electron chi connectivity index (χ4n) is 2.19. The molecule has 0 fully saturated rings. The Morgan fingerprint density at radius 1 is 1.22 bits per heavy atom. The summed E-state index contributed by atoms with van der Waals surface area (Å²) in [6.45, 7) is 3.82. The summed E-state index contributed by atoms with van der Waals surface area (Å²) in [5.41, 5.74) is 1.13. The second-order valence-electron chi connectivity index (χ2n) is 4.79. The van der Waals surface area contributed by atoms with E-state index in [1.807, 2.05) is 44.2 Å². The Morgan fingerprint density at radius 3 is 2.56 bits per heavy atom. The van der Waals surface area contributed by atoms with Crippen molar-refractivity contribution in [2.75, 3.05) is 0 Å².